The molecule has 0 radical (unpaired) electrons. The number of fused-ring (bicyclic) bond motifs is 1. The number of urea groups is 1. The summed E-state index contributed by atoms with van der Waals surface area (Å²) in [4.78, 5) is 29.5. The van der Waals surface area contributed by atoms with Gasteiger partial charge in [0.25, 0.3) is 0 Å². The number of hydrogen-bond donors (Lipinski definition) is 2. The van der Waals surface area contributed by atoms with Gasteiger partial charge in [0.15, 0.2) is 0 Å². The minimum absolute atomic E-state index is 0.00849. The molecule has 2 amide bonds. The Morgan fingerprint density at radius 3 is 2.87 bits per heavy atom. The lowest BCUT2D eigenvalue weighted by atomic mass is 10.0. The second kappa shape index (κ2) is 8.23. The first kappa shape index (κ1) is 20.6. The molecule has 0 atom stereocenters. The number of halogens is 2. The first-order chi connectivity index (χ1) is 14.8. The van der Waals surface area contributed by atoms with E-state index in [1.165, 1.54) is 35.4 Å². The summed E-state index contributed by atoms with van der Waals surface area (Å²) in [7, 11) is 0. The molecule has 0 unspecified atom stereocenters. The Kier molecular flexibility index (Phi) is 5.48. The first-order valence-corrected chi connectivity index (χ1v) is 9.68. The van der Waals surface area contributed by atoms with Gasteiger partial charge in [0.05, 0.1) is 17.8 Å². The van der Waals surface area contributed by atoms with E-state index in [4.69, 9.17) is 16.3 Å². The van der Waals surface area contributed by atoms with Gasteiger partial charge in [0.1, 0.15) is 23.9 Å². The van der Waals surface area contributed by atoms with Crippen molar-refractivity contribution in [1.82, 2.24) is 4.98 Å². The topological polar surface area (TPSA) is 91.8 Å². The smallest absolute Gasteiger partial charge is 0.335 e. The first-order valence-electron chi connectivity index (χ1n) is 9.30. The highest BCUT2D eigenvalue weighted by atomic mass is 35.5. The van der Waals surface area contributed by atoms with Crippen molar-refractivity contribution in [2.24, 2.45) is 0 Å². The highest BCUT2D eigenvalue weighted by molar-refractivity contribution is 6.32. The molecule has 2 heterocycles. The van der Waals surface area contributed by atoms with Crippen LogP contribution in [0.25, 0.3) is 0 Å². The van der Waals surface area contributed by atoms with E-state index in [0.717, 1.165) is 5.56 Å². The van der Waals surface area contributed by atoms with Crippen LogP contribution in [0, 0.1) is 12.7 Å². The standard InChI is InChI=1S/C22H17ClFN3O4/c1-12-4-5-14(31-11-19-17(24)3-2-6-25-19)9-20(12)27-10-15-16(23)7-13(21(28)29)8-18(15)26-22(27)30/h2-9H,10-11H2,1H3,(H,26,30)(H,28,29). The molecule has 0 fully saturated rings. The summed E-state index contributed by atoms with van der Waals surface area (Å²) < 4.78 is 19.5. The lowest BCUT2D eigenvalue weighted by Crippen LogP contribution is -2.39. The molecule has 158 valence electrons. The predicted octanol–water partition coefficient (Wildman–Crippen LogP) is 5.01. The number of nitrogens with one attached hydrogen (secondary N) is 1. The molecule has 0 spiro atoms. The monoisotopic (exact) mass is 441 g/mol. The normalized spacial score (nSPS) is 12.9. The van der Waals surface area contributed by atoms with Gasteiger partial charge < -0.3 is 15.2 Å². The quantitative estimate of drug-likeness (QED) is 0.580. The zero-order chi connectivity index (χ0) is 22.1. The van der Waals surface area contributed by atoms with Crippen LogP contribution in [0.5, 0.6) is 5.75 Å². The van der Waals surface area contributed by atoms with Crippen molar-refractivity contribution >= 4 is 35.0 Å². The van der Waals surface area contributed by atoms with Gasteiger partial charge in [-0.15, -0.1) is 0 Å². The number of carboxylic acid groups (broad SMARTS) is 1. The predicted molar refractivity (Wildman–Crippen MR) is 113 cm³/mol. The molecule has 2 N–H and O–H groups in total. The van der Waals surface area contributed by atoms with Crippen LogP contribution in [0.3, 0.4) is 0 Å². The Hall–Kier alpha value is -3.65. The van der Waals surface area contributed by atoms with Crippen LogP contribution >= 0.6 is 11.6 Å². The van der Waals surface area contributed by atoms with Crippen molar-refractivity contribution < 1.29 is 23.8 Å². The fraction of sp³-hybridized carbons (Fsp3) is 0.136. The van der Waals surface area contributed by atoms with Crippen molar-refractivity contribution in [2.75, 3.05) is 10.2 Å². The summed E-state index contributed by atoms with van der Waals surface area (Å²) >= 11 is 6.29. The maximum Gasteiger partial charge on any atom is 0.335 e. The number of rotatable bonds is 5. The average Bonchev–Trinajstić information content (AvgIpc) is 2.73. The van der Waals surface area contributed by atoms with Gasteiger partial charge in [0.2, 0.25) is 0 Å². The average molecular weight is 442 g/mol. The number of pyridine rings is 1. The second-order valence-electron chi connectivity index (χ2n) is 6.97. The summed E-state index contributed by atoms with van der Waals surface area (Å²) in [5, 5.41) is 12.1. The SMILES string of the molecule is Cc1ccc(OCc2ncccc2F)cc1N1Cc2c(Cl)cc(C(=O)O)cc2NC1=O. The molecule has 0 saturated carbocycles. The molecule has 1 aliphatic heterocycles. The molecule has 7 nitrogen and oxygen atoms in total. The number of amides is 2. The minimum Gasteiger partial charge on any atom is -0.487 e. The van der Waals surface area contributed by atoms with Gasteiger partial charge in [-0.3, -0.25) is 9.88 Å². The zero-order valence-electron chi connectivity index (χ0n) is 16.4. The van der Waals surface area contributed by atoms with Crippen molar-refractivity contribution in [3.8, 4) is 5.75 Å². The molecule has 0 bridgehead atoms. The van der Waals surface area contributed by atoms with Crippen molar-refractivity contribution in [3.05, 3.63) is 81.9 Å². The van der Waals surface area contributed by atoms with E-state index in [2.05, 4.69) is 10.3 Å². The van der Waals surface area contributed by atoms with E-state index >= 15 is 0 Å². The molecule has 4 rings (SSSR count). The number of nitrogens with zero attached hydrogens (tertiary/aromatic N) is 2. The summed E-state index contributed by atoms with van der Waals surface area (Å²) in [5.74, 6) is -1.15. The van der Waals surface area contributed by atoms with Crippen LogP contribution in [-0.4, -0.2) is 22.1 Å². The van der Waals surface area contributed by atoms with E-state index in [1.54, 1.807) is 18.2 Å². The van der Waals surface area contributed by atoms with Gasteiger partial charge in [-0.05, 0) is 42.8 Å². The number of carbonyl (C=O) groups excluding carboxylic acids is 1. The fourth-order valence-corrected chi connectivity index (χ4v) is 3.56. The maximum atomic E-state index is 13.8. The second-order valence-corrected chi connectivity index (χ2v) is 7.38. The van der Waals surface area contributed by atoms with Gasteiger partial charge in [0, 0.05) is 28.5 Å². The number of carboxylic acids is 1. The molecule has 3 aromatic rings. The molecule has 1 aromatic heterocycles. The number of anilines is 2. The van der Waals surface area contributed by atoms with Gasteiger partial charge >= 0.3 is 12.0 Å². The van der Waals surface area contributed by atoms with Crippen LogP contribution in [-0.2, 0) is 13.2 Å². The lowest BCUT2D eigenvalue weighted by molar-refractivity contribution is 0.0697. The van der Waals surface area contributed by atoms with Crippen molar-refractivity contribution in [2.45, 2.75) is 20.1 Å². The number of aromatic nitrogens is 1. The molecule has 9 heteroatoms. The number of hydrogen-bond acceptors (Lipinski definition) is 4. The van der Waals surface area contributed by atoms with E-state index in [-0.39, 0.29) is 29.4 Å². The number of ether oxygens (including phenoxy) is 1. The van der Waals surface area contributed by atoms with Gasteiger partial charge in [-0.2, -0.15) is 0 Å². The molecule has 2 aromatic carbocycles. The fourth-order valence-electron chi connectivity index (χ4n) is 3.29. The third-order valence-electron chi connectivity index (χ3n) is 4.93. The zero-order valence-corrected chi connectivity index (χ0v) is 17.1. The Labute approximate surface area is 182 Å². The summed E-state index contributed by atoms with van der Waals surface area (Å²) in [5.41, 5.74) is 2.53. The van der Waals surface area contributed by atoms with Crippen LogP contribution < -0.4 is 15.0 Å². The lowest BCUT2D eigenvalue weighted by Gasteiger charge is -2.31. The number of benzene rings is 2. The van der Waals surface area contributed by atoms with Crippen LogP contribution in [0.4, 0.5) is 20.6 Å². The number of carbonyl (C=O) groups is 2. The Morgan fingerprint density at radius 1 is 1.32 bits per heavy atom. The summed E-state index contributed by atoms with van der Waals surface area (Å²) in [6.45, 7) is 1.93. The van der Waals surface area contributed by atoms with E-state index in [0.29, 0.717) is 22.7 Å². The third-order valence-corrected chi connectivity index (χ3v) is 5.26. The van der Waals surface area contributed by atoms with Crippen molar-refractivity contribution in [1.29, 1.82) is 0 Å². The Bertz CT molecular complexity index is 1200. The molecular weight excluding hydrogens is 425 g/mol. The highest BCUT2D eigenvalue weighted by Crippen LogP contribution is 2.36. The molecule has 1 aliphatic rings. The largest absolute Gasteiger partial charge is 0.487 e. The molecular formula is C22H17ClFN3O4. The molecule has 0 aliphatic carbocycles. The molecule has 31 heavy (non-hydrogen) atoms. The van der Waals surface area contributed by atoms with Crippen LogP contribution in [0.2, 0.25) is 5.02 Å². The van der Waals surface area contributed by atoms with E-state index in [1.807, 2.05) is 6.92 Å². The maximum absolute atomic E-state index is 13.8. The minimum atomic E-state index is -1.13. The highest BCUT2D eigenvalue weighted by Gasteiger charge is 2.28. The summed E-state index contributed by atoms with van der Waals surface area (Å²) in [6, 6.07) is 10.3. The van der Waals surface area contributed by atoms with E-state index in [9.17, 15) is 19.1 Å². The Morgan fingerprint density at radius 2 is 2.13 bits per heavy atom. The van der Waals surface area contributed by atoms with Crippen molar-refractivity contribution in [3.63, 3.8) is 0 Å². The number of aromatic carboxylic acids is 1. The van der Waals surface area contributed by atoms with Crippen LogP contribution in [0.1, 0.15) is 27.2 Å². The van der Waals surface area contributed by atoms with Crippen LogP contribution in [0.15, 0.2) is 48.7 Å². The molecule has 0 saturated heterocycles. The Balaban J connectivity index is 1.61. The van der Waals surface area contributed by atoms with Gasteiger partial charge in [-0.1, -0.05) is 17.7 Å². The third kappa shape index (κ3) is 4.15. The van der Waals surface area contributed by atoms with Gasteiger partial charge in [-0.25, -0.2) is 14.0 Å². The summed E-state index contributed by atoms with van der Waals surface area (Å²) in [6.07, 6.45) is 1.48. The van der Waals surface area contributed by atoms with E-state index < -0.39 is 17.8 Å². The number of aryl methyl sites for hydroxylation is 1.